The third-order valence-electron chi connectivity index (χ3n) is 5.09. The lowest BCUT2D eigenvalue weighted by atomic mass is 9.90. The van der Waals surface area contributed by atoms with Crippen LogP contribution in [0.15, 0.2) is 12.1 Å². The molecule has 8 nitrogen and oxygen atoms in total. The lowest BCUT2D eigenvalue weighted by Gasteiger charge is -2.34. The van der Waals surface area contributed by atoms with Crippen molar-refractivity contribution >= 4 is 5.97 Å². The van der Waals surface area contributed by atoms with Crippen LogP contribution in [0.3, 0.4) is 0 Å². The number of methoxy groups -OCH3 is 1. The second-order valence-corrected chi connectivity index (χ2v) is 6.42. The third-order valence-corrected chi connectivity index (χ3v) is 5.09. The molecule has 0 aliphatic carbocycles. The fourth-order valence-corrected chi connectivity index (χ4v) is 4.05. The highest BCUT2D eigenvalue weighted by molar-refractivity contribution is 5.76. The Labute approximate surface area is 152 Å². The van der Waals surface area contributed by atoms with Gasteiger partial charge in [0.15, 0.2) is 11.5 Å². The fourth-order valence-electron chi connectivity index (χ4n) is 4.05. The summed E-state index contributed by atoms with van der Waals surface area (Å²) in [4.78, 5) is 25.4. The summed E-state index contributed by atoms with van der Waals surface area (Å²) in [6.07, 6.45) is 0.844. The van der Waals surface area contributed by atoms with Crippen LogP contribution in [0.2, 0.25) is 0 Å². The van der Waals surface area contributed by atoms with Gasteiger partial charge < -0.3 is 14.2 Å². The lowest BCUT2D eigenvalue weighted by molar-refractivity contribution is -0.526. The van der Waals surface area contributed by atoms with Gasteiger partial charge in [0, 0.05) is 17.9 Å². The van der Waals surface area contributed by atoms with E-state index in [1.54, 1.807) is 0 Å². The van der Waals surface area contributed by atoms with Crippen LogP contribution in [-0.2, 0) is 16.0 Å². The number of carbonyl (C=O) groups excluding carboxylic acids is 1. The molecule has 1 saturated heterocycles. The number of fused-ring (bicyclic) bond motifs is 3. The van der Waals surface area contributed by atoms with Crippen LogP contribution in [0, 0.1) is 10.1 Å². The summed E-state index contributed by atoms with van der Waals surface area (Å²) in [5.41, 5.74) is 1.85. The smallest absolute Gasteiger partial charge is 0.323 e. The number of hydrogen-bond donors (Lipinski definition) is 0. The molecule has 0 unspecified atom stereocenters. The van der Waals surface area contributed by atoms with Gasteiger partial charge in [-0.1, -0.05) is 0 Å². The molecular weight excluding hydrogens is 340 g/mol. The average Bonchev–Trinajstić information content (AvgIpc) is 3.02. The number of benzene rings is 1. The fraction of sp³-hybridized carbons (Fsp3) is 0.611. The molecule has 0 amide bonds. The van der Waals surface area contributed by atoms with Crippen molar-refractivity contribution in [3.8, 4) is 11.5 Å². The van der Waals surface area contributed by atoms with E-state index in [2.05, 4.69) is 0 Å². The molecule has 1 aromatic carbocycles. The number of carbonyl (C=O) groups is 1. The Balaban J connectivity index is 2.05. The molecule has 3 rings (SSSR count). The van der Waals surface area contributed by atoms with Crippen molar-refractivity contribution in [2.45, 2.75) is 44.8 Å². The third kappa shape index (κ3) is 3.09. The zero-order valence-corrected chi connectivity index (χ0v) is 15.3. The number of nitrogens with zero attached hydrogens (tertiary/aromatic N) is 2. The minimum absolute atomic E-state index is 0.154. The Hall–Kier alpha value is -2.35. The van der Waals surface area contributed by atoms with Gasteiger partial charge in [0.2, 0.25) is 6.04 Å². The molecule has 1 fully saturated rings. The van der Waals surface area contributed by atoms with Crippen LogP contribution < -0.4 is 9.47 Å². The summed E-state index contributed by atoms with van der Waals surface area (Å²) in [6.45, 7) is 5.33. The first kappa shape index (κ1) is 18.4. The normalized spacial score (nSPS) is 24.5. The minimum atomic E-state index is -0.856. The SMILES string of the molecule is CCOc1cc2c(cc1OCC)[C@@H]1[C@H]([N+](=O)[O-])C[C@@H](C(=O)OC)N1CC2. The van der Waals surface area contributed by atoms with Crippen molar-refractivity contribution in [2.24, 2.45) is 0 Å². The van der Waals surface area contributed by atoms with Gasteiger partial charge in [-0.2, -0.15) is 0 Å². The molecule has 0 aromatic heterocycles. The molecule has 0 N–H and O–H groups in total. The number of rotatable bonds is 6. The number of esters is 1. The van der Waals surface area contributed by atoms with Crippen LogP contribution in [-0.4, -0.2) is 54.7 Å². The monoisotopic (exact) mass is 364 g/mol. The van der Waals surface area contributed by atoms with E-state index in [9.17, 15) is 14.9 Å². The molecule has 0 saturated carbocycles. The highest BCUT2D eigenvalue weighted by atomic mass is 16.6. The Kier molecular flexibility index (Phi) is 5.31. The molecule has 3 atom stereocenters. The molecule has 0 bridgehead atoms. The first-order valence-electron chi connectivity index (χ1n) is 8.91. The Morgan fingerprint density at radius 2 is 1.92 bits per heavy atom. The van der Waals surface area contributed by atoms with E-state index in [1.807, 2.05) is 30.9 Å². The van der Waals surface area contributed by atoms with Gasteiger partial charge in [-0.3, -0.25) is 19.8 Å². The first-order valence-corrected chi connectivity index (χ1v) is 8.91. The Morgan fingerprint density at radius 1 is 1.27 bits per heavy atom. The van der Waals surface area contributed by atoms with Gasteiger partial charge >= 0.3 is 5.97 Å². The lowest BCUT2D eigenvalue weighted by Crippen LogP contribution is -2.42. The summed E-state index contributed by atoms with van der Waals surface area (Å²) < 4.78 is 16.2. The van der Waals surface area contributed by atoms with Crippen LogP contribution in [0.5, 0.6) is 11.5 Å². The van der Waals surface area contributed by atoms with Crippen LogP contribution in [0.25, 0.3) is 0 Å². The summed E-state index contributed by atoms with van der Waals surface area (Å²) in [5.74, 6) is 0.819. The first-order chi connectivity index (χ1) is 12.5. The van der Waals surface area contributed by atoms with Crippen molar-refractivity contribution in [1.29, 1.82) is 0 Å². The second kappa shape index (κ2) is 7.49. The predicted molar refractivity (Wildman–Crippen MR) is 93.1 cm³/mol. The minimum Gasteiger partial charge on any atom is -0.490 e. The van der Waals surface area contributed by atoms with Crippen LogP contribution >= 0.6 is 0 Å². The molecule has 2 heterocycles. The molecule has 142 valence electrons. The van der Waals surface area contributed by atoms with Crippen LogP contribution in [0.4, 0.5) is 0 Å². The van der Waals surface area contributed by atoms with E-state index in [0.717, 1.165) is 11.1 Å². The quantitative estimate of drug-likeness (QED) is 0.433. The zero-order chi connectivity index (χ0) is 18.8. The molecule has 0 radical (unpaired) electrons. The van der Waals surface area contributed by atoms with E-state index < -0.39 is 24.1 Å². The average molecular weight is 364 g/mol. The maximum Gasteiger partial charge on any atom is 0.323 e. The summed E-state index contributed by atoms with van der Waals surface area (Å²) in [5, 5.41) is 11.7. The molecule has 8 heteroatoms. The summed E-state index contributed by atoms with van der Waals surface area (Å²) in [6, 6.07) is 1.86. The molecular formula is C18H24N2O6. The van der Waals surface area contributed by atoms with E-state index in [-0.39, 0.29) is 11.3 Å². The molecule has 1 aromatic rings. The van der Waals surface area contributed by atoms with E-state index in [4.69, 9.17) is 14.2 Å². The molecule has 2 aliphatic rings. The standard InChI is InChI=1S/C18H24N2O6/c1-4-25-15-8-11-6-7-19-14(18(21)24-3)10-13(20(22)23)17(19)12(11)9-16(15)26-5-2/h8-9,13-14,17H,4-7,10H2,1-3H3/t13-,14+,17-/m1/s1. The Morgan fingerprint density at radius 3 is 2.50 bits per heavy atom. The summed E-state index contributed by atoms with van der Waals surface area (Å²) in [7, 11) is 1.32. The number of ether oxygens (including phenoxy) is 3. The molecule has 0 spiro atoms. The Bertz CT molecular complexity index is 707. The molecule has 26 heavy (non-hydrogen) atoms. The van der Waals surface area contributed by atoms with E-state index >= 15 is 0 Å². The maximum atomic E-state index is 12.1. The van der Waals surface area contributed by atoms with Crippen molar-refractivity contribution in [3.05, 3.63) is 33.4 Å². The number of hydrogen-bond acceptors (Lipinski definition) is 7. The number of nitro groups is 1. The highest BCUT2D eigenvalue weighted by Gasteiger charge is 2.53. The van der Waals surface area contributed by atoms with Crippen molar-refractivity contribution in [3.63, 3.8) is 0 Å². The van der Waals surface area contributed by atoms with Crippen LogP contribution in [0.1, 0.15) is 37.4 Å². The van der Waals surface area contributed by atoms with Gasteiger partial charge in [0.05, 0.1) is 20.3 Å². The summed E-state index contributed by atoms with van der Waals surface area (Å²) >= 11 is 0. The van der Waals surface area contributed by atoms with Gasteiger partial charge in [-0.15, -0.1) is 0 Å². The topological polar surface area (TPSA) is 91.1 Å². The van der Waals surface area contributed by atoms with Gasteiger partial charge in [0.25, 0.3) is 0 Å². The van der Waals surface area contributed by atoms with Gasteiger partial charge in [-0.05, 0) is 43.5 Å². The van der Waals surface area contributed by atoms with Gasteiger partial charge in [-0.25, -0.2) is 0 Å². The maximum absolute atomic E-state index is 12.1. The largest absolute Gasteiger partial charge is 0.490 e. The van der Waals surface area contributed by atoms with Crippen molar-refractivity contribution < 1.29 is 23.9 Å². The predicted octanol–water partition coefficient (Wildman–Crippen LogP) is 1.97. The second-order valence-electron chi connectivity index (χ2n) is 6.42. The van der Waals surface area contributed by atoms with Gasteiger partial charge in [0.1, 0.15) is 12.1 Å². The zero-order valence-electron chi connectivity index (χ0n) is 15.3. The van der Waals surface area contributed by atoms with Crippen molar-refractivity contribution in [2.75, 3.05) is 26.9 Å². The van der Waals surface area contributed by atoms with E-state index in [0.29, 0.717) is 37.7 Å². The molecule has 2 aliphatic heterocycles. The highest BCUT2D eigenvalue weighted by Crippen LogP contribution is 2.45. The van der Waals surface area contributed by atoms with Crippen molar-refractivity contribution in [1.82, 2.24) is 4.90 Å². The van der Waals surface area contributed by atoms with E-state index in [1.165, 1.54) is 7.11 Å².